The minimum absolute atomic E-state index is 0.369. The molecule has 2 rings (SSSR count). The predicted octanol–water partition coefficient (Wildman–Crippen LogP) is 3.59. The Morgan fingerprint density at radius 1 is 1.33 bits per heavy atom. The largest absolute Gasteiger partial charge is 0.397 e. The molecule has 0 aliphatic rings. The van der Waals surface area contributed by atoms with Crippen LogP contribution in [0.4, 0.5) is 5.69 Å². The Balaban J connectivity index is 2.84. The van der Waals surface area contributed by atoms with Gasteiger partial charge in [0, 0.05) is 10.4 Å². The molecule has 0 amide bonds. The Morgan fingerprint density at radius 2 is 2.07 bits per heavy atom. The molecule has 1 aromatic carbocycles. The van der Waals surface area contributed by atoms with E-state index in [0.717, 1.165) is 27.2 Å². The second kappa shape index (κ2) is 3.70. The maximum Gasteiger partial charge on any atom is 0.0707 e. The lowest BCUT2D eigenvalue weighted by Gasteiger charge is -2.12. The van der Waals surface area contributed by atoms with Crippen molar-refractivity contribution in [2.75, 3.05) is 5.73 Å². The number of hydrogen-bond donors (Lipinski definition) is 1. The van der Waals surface area contributed by atoms with Crippen LogP contribution in [0.25, 0.3) is 10.9 Å². The summed E-state index contributed by atoms with van der Waals surface area (Å²) in [6.07, 6.45) is 1.71. The number of nitrogens with two attached hydrogens (primary N) is 1. The average Bonchev–Trinajstić information content (AvgIpc) is 2.16. The SMILES string of the molecule is CC(C)c1c(N)cnc2ccc(Cl)cc12. The molecule has 0 spiro atoms. The van der Waals surface area contributed by atoms with Crippen molar-refractivity contribution in [1.29, 1.82) is 0 Å². The third kappa shape index (κ3) is 1.77. The third-order valence-electron chi connectivity index (χ3n) is 2.48. The van der Waals surface area contributed by atoms with Crippen LogP contribution in [0.3, 0.4) is 0 Å². The lowest BCUT2D eigenvalue weighted by Crippen LogP contribution is -1.99. The standard InChI is InChI=1S/C12H13ClN2/c1-7(2)12-9-5-8(13)3-4-11(9)15-6-10(12)14/h3-7H,14H2,1-2H3. The zero-order valence-electron chi connectivity index (χ0n) is 8.79. The molecule has 0 saturated heterocycles. The Kier molecular flexibility index (Phi) is 2.53. The van der Waals surface area contributed by atoms with E-state index in [2.05, 4.69) is 18.8 Å². The van der Waals surface area contributed by atoms with Crippen LogP contribution in [0.1, 0.15) is 25.3 Å². The van der Waals surface area contributed by atoms with Gasteiger partial charge in [-0.05, 0) is 29.7 Å². The number of aromatic nitrogens is 1. The number of fused-ring (bicyclic) bond motifs is 1. The van der Waals surface area contributed by atoms with Crippen LogP contribution in [-0.2, 0) is 0 Å². The Morgan fingerprint density at radius 3 is 2.73 bits per heavy atom. The van der Waals surface area contributed by atoms with E-state index in [4.69, 9.17) is 17.3 Å². The summed E-state index contributed by atoms with van der Waals surface area (Å²) >= 11 is 5.98. The highest BCUT2D eigenvalue weighted by Crippen LogP contribution is 2.30. The zero-order chi connectivity index (χ0) is 11.0. The Bertz CT molecular complexity index is 501. The number of benzene rings is 1. The molecule has 15 heavy (non-hydrogen) atoms. The summed E-state index contributed by atoms with van der Waals surface area (Å²) in [6, 6.07) is 5.69. The zero-order valence-corrected chi connectivity index (χ0v) is 9.55. The molecule has 0 radical (unpaired) electrons. The lowest BCUT2D eigenvalue weighted by atomic mass is 9.97. The molecule has 0 bridgehead atoms. The van der Waals surface area contributed by atoms with Gasteiger partial charge in [0.05, 0.1) is 17.4 Å². The molecular formula is C12H13ClN2. The second-order valence-corrected chi connectivity index (χ2v) is 4.38. The average molecular weight is 221 g/mol. The lowest BCUT2D eigenvalue weighted by molar-refractivity contribution is 0.877. The van der Waals surface area contributed by atoms with E-state index in [9.17, 15) is 0 Å². The monoisotopic (exact) mass is 220 g/mol. The molecule has 0 aliphatic carbocycles. The van der Waals surface area contributed by atoms with E-state index in [-0.39, 0.29) is 0 Å². The van der Waals surface area contributed by atoms with Crippen LogP contribution >= 0.6 is 11.6 Å². The first-order valence-electron chi connectivity index (χ1n) is 4.93. The fourth-order valence-electron chi connectivity index (χ4n) is 1.85. The van der Waals surface area contributed by atoms with Crippen LogP contribution in [0.2, 0.25) is 5.02 Å². The number of halogens is 1. The molecule has 3 heteroatoms. The van der Waals surface area contributed by atoms with Crippen molar-refractivity contribution < 1.29 is 0 Å². The molecule has 0 saturated carbocycles. The number of rotatable bonds is 1. The molecular weight excluding hydrogens is 208 g/mol. The van der Waals surface area contributed by atoms with E-state index in [0.29, 0.717) is 5.92 Å². The first-order chi connectivity index (χ1) is 7.09. The van der Waals surface area contributed by atoms with E-state index in [1.165, 1.54) is 0 Å². The second-order valence-electron chi connectivity index (χ2n) is 3.94. The van der Waals surface area contributed by atoms with Crippen LogP contribution in [0.5, 0.6) is 0 Å². The summed E-state index contributed by atoms with van der Waals surface area (Å²) in [5.74, 6) is 0.369. The molecule has 0 unspecified atom stereocenters. The van der Waals surface area contributed by atoms with E-state index >= 15 is 0 Å². The molecule has 0 aliphatic heterocycles. The van der Waals surface area contributed by atoms with Gasteiger partial charge in [0.1, 0.15) is 0 Å². The topological polar surface area (TPSA) is 38.9 Å². The van der Waals surface area contributed by atoms with Crippen molar-refractivity contribution in [3.63, 3.8) is 0 Å². The van der Waals surface area contributed by atoms with Crippen molar-refractivity contribution in [3.05, 3.63) is 35.0 Å². The molecule has 2 aromatic rings. The first-order valence-corrected chi connectivity index (χ1v) is 5.31. The summed E-state index contributed by atoms with van der Waals surface area (Å²) in [4.78, 5) is 4.28. The van der Waals surface area contributed by atoms with Gasteiger partial charge >= 0.3 is 0 Å². The number of pyridine rings is 1. The molecule has 0 atom stereocenters. The summed E-state index contributed by atoms with van der Waals surface area (Å²) in [5, 5.41) is 1.77. The van der Waals surface area contributed by atoms with Crippen LogP contribution in [0.15, 0.2) is 24.4 Å². The highest BCUT2D eigenvalue weighted by atomic mass is 35.5. The summed E-state index contributed by atoms with van der Waals surface area (Å²) in [7, 11) is 0. The molecule has 78 valence electrons. The quantitative estimate of drug-likeness (QED) is 0.798. The van der Waals surface area contributed by atoms with Crippen molar-refractivity contribution in [2.24, 2.45) is 0 Å². The number of hydrogen-bond acceptors (Lipinski definition) is 2. The van der Waals surface area contributed by atoms with Gasteiger partial charge in [-0.15, -0.1) is 0 Å². The van der Waals surface area contributed by atoms with Gasteiger partial charge in [-0.2, -0.15) is 0 Å². The van der Waals surface area contributed by atoms with E-state index in [1.54, 1.807) is 6.20 Å². The minimum Gasteiger partial charge on any atom is -0.397 e. The maximum atomic E-state index is 5.98. The van der Waals surface area contributed by atoms with Crippen molar-refractivity contribution in [3.8, 4) is 0 Å². The molecule has 1 aromatic heterocycles. The Labute approximate surface area is 94.1 Å². The summed E-state index contributed by atoms with van der Waals surface area (Å²) in [5.41, 5.74) is 8.74. The van der Waals surface area contributed by atoms with Gasteiger partial charge in [-0.3, -0.25) is 4.98 Å². The number of anilines is 1. The molecule has 0 fully saturated rings. The minimum atomic E-state index is 0.369. The van der Waals surface area contributed by atoms with Gasteiger partial charge in [0.2, 0.25) is 0 Å². The van der Waals surface area contributed by atoms with Crippen molar-refractivity contribution in [2.45, 2.75) is 19.8 Å². The van der Waals surface area contributed by atoms with Crippen LogP contribution < -0.4 is 5.73 Å². The highest BCUT2D eigenvalue weighted by Gasteiger charge is 2.10. The van der Waals surface area contributed by atoms with Crippen molar-refractivity contribution >= 4 is 28.2 Å². The molecule has 1 heterocycles. The first kappa shape index (κ1) is 10.2. The van der Waals surface area contributed by atoms with Crippen molar-refractivity contribution in [1.82, 2.24) is 4.98 Å². The van der Waals surface area contributed by atoms with Gasteiger partial charge in [0.15, 0.2) is 0 Å². The highest BCUT2D eigenvalue weighted by molar-refractivity contribution is 6.31. The van der Waals surface area contributed by atoms with Gasteiger partial charge in [0.25, 0.3) is 0 Å². The van der Waals surface area contributed by atoms with Gasteiger partial charge in [-0.1, -0.05) is 25.4 Å². The summed E-state index contributed by atoms with van der Waals surface area (Å²) < 4.78 is 0. The van der Waals surface area contributed by atoms with E-state index in [1.807, 2.05) is 18.2 Å². The third-order valence-corrected chi connectivity index (χ3v) is 2.71. The van der Waals surface area contributed by atoms with E-state index < -0.39 is 0 Å². The molecule has 2 N–H and O–H groups in total. The fourth-order valence-corrected chi connectivity index (χ4v) is 2.02. The number of nitrogen functional groups attached to an aromatic ring is 1. The van der Waals surface area contributed by atoms with Gasteiger partial charge in [-0.25, -0.2) is 0 Å². The molecule has 2 nitrogen and oxygen atoms in total. The number of nitrogens with zero attached hydrogens (tertiary/aromatic N) is 1. The normalized spacial score (nSPS) is 11.2. The van der Waals surface area contributed by atoms with Crippen LogP contribution in [0, 0.1) is 0 Å². The maximum absolute atomic E-state index is 5.98. The summed E-state index contributed by atoms with van der Waals surface area (Å²) in [6.45, 7) is 4.23. The predicted molar refractivity (Wildman–Crippen MR) is 65.3 cm³/mol. The van der Waals surface area contributed by atoms with Gasteiger partial charge < -0.3 is 5.73 Å². The fraction of sp³-hybridized carbons (Fsp3) is 0.250. The smallest absolute Gasteiger partial charge is 0.0707 e. The van der Waals surface area contributed by atoms with Crippen LogP contribution in [-0.4, -0.2) is 4.98 Å². The Hall–Kier alpha value is -1.28.